The molecule has 0 aromatic heterocycles. The highest BCUT2D eigenvalue weighted by molar-refractivity contribution is 5.31. The lowest BCUT2D eigenvalue weighted by molar-refractivity contribution is 0.289. The average Bonchev–Trinajstić information content (AvgIpc) is 2.39. The molecule has 0 spiro atoms. The number of hydrogen-bond acceptors (Lipinski definition) is 2. The van der Waals surface area contributed by atoms with Crippen molar-refractivity contribution < 1.29 is 9.13 Å². The minimum absolute atomic E-state index is 0.181. The summed E-state index contributed by atoms with van der Waals surface area (Å²) in [7, 11) is 0. The number of halogens is 1. The molecule has 0 saturated heterocycles. The summed E-state index contributed by atoms with van der Waals surface area (Å²) in [4.78, 5) is 0. The summed E-state index contributed by atoms with van der Waals surface area (Å²) in [6.45, 7) is 4.19. The zero-order valence-corrected chi connectivity index (χ0v) is 11.2. The first-order chi connectivity index (χ1) is 9.08. The van der Waals surface area contributed by atoms with Crippen molar-refractivity contribution in [2.24, 2.45) is 5.73 Å². The van der Waals surface area contributed by atoms with Crippen molar-refractivity contribution in [2.75, 3.05) is 0 Å². The lowest BCUT2D eigenvalue weighted by atomic mass is 10.1. The largest absolute Gasteiger partial charge is 0.486 e. The number of ether oxygens (including phenoxy) is 1. The van der Waals surface area contributed by atoms with Crippen molar-refractivity contribution in [1.29, 1.82) is 0 Å². The summed E-state index contributed by atoms with van der Waals surface area (Å²) in [6.07, 6.45) is 0. The van der Waals surface area contributed by atoms with Gasteiger partial charge in [0.2, 0.25) is 0 Å². The third-order valence-electron chi connectivity index (χ3n) is 3.13. The van der Waals surface area contributed by atoms with E-state index < -0.39 is 0 Å². The van der Waals surface area contributed by atoms with Gasteiger partial charge in [-0.25, -0.2) is 4.39 Å². The van der Waals surface area contributed by atoms with Crippen LogP contribution < -0.4 is 10.5 Å². The lowest BCUT2D eigenvalue weighted by Gasteiger charge is -2.11. The maximum Gasteiger partial charge on any atom is 0.165 e. The van der Waals surface area contributed by atoms with E-state index in [2.05, 4.69) is 0 Å². The van der Waals surface area contributed by atoms with Gasteiger partial charge in [0.1, 0.15) is 6.61 Å². The molecule has 2 nitrogen and oxygen atoms in total. The van der Waals surface area contributed by atoms with E-state index >= 15 is 0 Å². The summed E-state index contributed by atoms with van der Waals surface area (Å²) >= 11 is 0. The quantitative estimate of drug-likeness (QED) is 0.908. The number of nitrogens with two attached hydrogens (primary N) is 1. The molecule has 1 atom stereocenters. The first-order valence-electron chi connectivity index (χ1n) is 6.30. The molecule has 2 aromatic rings. The number of hydrogen-bond donors (Lipinski definition) is 1. The fourth-order valence-electron chi connectivity index (χ4n) is 1.84. The van der Waals surface area contributed by atoms with Crippen molar-refractivity contribution in [3.8, 4) is 5.75 Å². The zero-order chi connectivity index (χ0) is 13.8. The SMILES string of the molecule is Cc1ccccc1COc1ccc([C@H](C)N)cc1F. The summed E-state index contributed by atoms with van der Waals surface area (Å²) in [6, 6.07) is 12.6. The normalized spacial score (nSPS) is 12.2. The predicted molar refractivity (Wildman–Crippen MR) is 74.5 cm³/mol. The molecule has 0 aliphatic heterocycles. The van der Waals surface area contributed by atoms with Crippen LogP contribution in [0.4, 0.5) is 4.39 Å². The van der Waals surface area contributed by atoms with Gasteiger partial charge in [0.15, 0.2) is 11.6 Å². The molecule has 0 fully saturated rings. The van der Waals surface area contributed by atoms with Crippen molar-refractivity contribution in [1.82, 2.24) is 0 Å². The molecule has 0 radical (unpaired) electrons. The molecule has 2 aromatic carbocycles. The Bertz CT molecular complexity index is 566. The Kier molecular flexibility index (Phi) is 4.17. The molecule has 0 aliphatic rings. The van der Waals surface area contributed by atoms with E-state index in [1.54, 1.807) is 12.1 Å². The third kappa shape index (κ3) is 3.32. The van der Waals surface area contributed by atoms with Gasteiger partial charge in [0, 0.05) is 6.04 Å². The van der Waals surface area contributed by atoms with E-state index in [0.717, 1.165) is 16.7 Å². The van der Waals surface area contributed by atoms with Gasteiger partial charge in [-0.1, -0.05) is 30.3 Å². The molecule has 0 unspecified atom stereocenters. The molecule has 0 heterocycles. The Morgan fingerprint density at radius 1 is 1.21 bits per heavy atom. The van der Waals surface area contributed by atoms with Crippen LogP contribution in [0.15, 0.2) is 42.5 Å². The van der Waals surface area contributed by atoms with Crippen LogP contribution in [0, 0.1) is 12.7 Å². The highest BCUT2D eigenvalue weighted by Crippen LogP contribution is 2.22. The second kappa shape index (κ2) is 5.85. The van der Waals surface area contributed by atoms with Crippen LogP contribution in [-0.2, 0) is 6.61 Å². The van der Waals surface area contributed by atoms with Crippen LogP contribution in [-0.4, -0.2) is 0 Å². The minimum Gasteiger partial charge on any atom is -0.486 e. The van der Waals surface area contributed by atoms with E-state index in [1.807, 2.05) is 38.1 Å². The minimum atomic E-state index is -0.372. The molecule has 0 amide bonds. The summed E-state index contributed by atoms with van der Waals surface area (Å²) in [5.41, 5.74) is 8.66. The van der Waals surface area contributed by atoms with Gasteiger partial charge in [-0.2, -0.15) is 0 Å². The van der Waals surface area contributed by atoms with E-state index in [1.165, 1.54) is 6.07 Å². The molecular formula is C16H18FNO. The number of benzene rings is 2. The molecule has 3 heteroatoms. The lowest BCUT2D eigenvalue weighted by Crippen LogP contribution is -2.06. The summed E-state index contributed by atoms with van der Waals surface area (Å²) < 4.78 is 19.4. The monoisotopic (exact) mass is 259 g/mol. The van der Waals surface area contributed by atoms with Crippen LogP contribution >= 0.6 is 0 Å². The van der Waals surface area contributed by atoms with Crippen LogP contribution in [0.5, 0.6) is 5.75 Å². The van der Waals surface area contributed by atoms with Gasteiger partial charge >= 0.3 is 0 Å². The van der Waals surface area contributed by atoms with E-state index in [0.29, 0.717) is 6.61 Å². The number of rotatable bonds is 4. The van der Waals surface area contributed by atoms with Crippen LogP contribution in [0.1, 0.15) is 29.7 Å². The fourth-order valence-corrected chi connectivity index (χ4v) is 1.84. The molecule has 2 N–H and O–H groups in total. The van der Waals surface area contributed by atoms with Gasteiger partial charge in [0.05, 0.1) is 0 Å². The van der Waals surface area contributed by atoms with Crippen molar-refractivity contribution in [3.05, 3.63) is 65.0 Å². The summed E-state index contributed by atoms with van der Waals surface area (Å²) in [5, 5.41) is 0. The summed E-state index contributed by atoms with van der Waals surface area (Å²) in [5.74, 6) is -0.115. The molecule has 2 rings (SSSR count). The first-order valence-corrected chi connectivity index (χ1v) is 6.30. The Labute approximate surface area is 113 Å². The van der Waals surface area contributed by atoms with Gasteiger partial charge in [-0.3, -0.25) is 0 Å². The second-order valence-corrected chi connectivity index (χ2v) is 4.69. The standard InChI is InChI=1S/C16H18FNO/c1-11-5-3-4-6-14(11)10-19-16-8-7-13(12(2)18)9-15(16)17/h3-9,12H,10,18H2,1-2H3/t12-/m0/s1. The topological polar surface area (TPSA) is 35.2 Å². The first kappa shape index (κ1) is 13.6. The van der Waals surface area contributed by atoms with Crippen molar-refractivity contribution in [3.63, 3.8) is 0 Å². The van der Waals surface area contributed by atoms with E-state index in [9.17, 15) is 4.39 Å². The highest BCUT2D eigenvalue weighted by Gasteiger charge is 2.08. The van der Waals surface area contributed by atoms with Crippen molar-refractivity contribution in [2.45, 2.75) is 26.5 Å². The molecule has 19 heavy (non-hydrogen) atoms. The average molecular weight is 259 g/mol. The molecular weight excluding hydrogens is 241 g/mol. The zero-order valence-electron chi connectivity index (χ0n) is 11.2. The van der Waals surface area contributed by atoms with Crippen molar-refractivity contribution >= 4 is 0 Å². The Hall–Kier alpha value is -1.87. The Morgan fingerprint density at radius 2 is 1.95 bits per heavy atom. The van der Waals surface area contributed by atoms with Crippen LogP contribution in [0.3, 0.4) is 0 Å². The maximum atomic E-state index is 13.8. The molecule has 100 valence electrons. The van der Waals surface area contributed by atoms with Gasteiger partial charge in [-0.05, 0) is 42.7 Å². The highest BCUT2D eigenvalue weighted by atomic mass is 19.1. The molecule has 0 saturated carbocycles. The maximum absolute atomic E-state index is 13.8. The smallest absolute Gasteiger partial charge is 0.165 e. The third-order valence-corrected chi connectivity index (χ3v) is 3.13. The second-order valence-electron chi connectivity index (χ2n) is 4.69. The van der Waals surface area contributed by atoms with E-state index in [4.69, 9.17) is 10.5 Å². The van der Waals surface area contributed by atoms with Crippen LogP contribution in [0.25, 0.3) is 0 Å². The predicted octanol–water partition coefficient (Wildman–Crippen LogP) is 3.73. The number of aryl methyl sites for hydroxylation is 1. The fraction of sp³-hybridized carbons (Fsp3) is 0.250. The van der Waals surface area contributed by atoms with Gasteiger partial charge in [-0.15, -0.1) is 0 Å². The van der Waals surface area contributed by atoms with Crippen LogP contribution in [0.2, 0.25) is 0 Å². The molecule has 0 aliphatic carbocycles. The van der Waals surface area contributed by atoms with Gasteiger partial charge < -0.3 is 10.5 Å². The molecule has 0 bridgehead atoms. The Morgan fingerprint density at radius 3 is 2.58 bits per heavy atom. The van der Waals surface area contributed by atoms with Gasteiger partial charge in [0.25, 0.3) is 0 Å². The Balaban J connectivity index is 2.10. The van der Waals surface area contributed by atoms with E-state index in [-0.39, 0.29) is 17.6 Å².